The van der Waals surface area contributed by atoms with Crippen LogP contribution in [0.25, 0.3) is 17.0 Å². The third kappa shape index (κ3) is 5.53. The largest absolute Gasteiger partial charge is 0.477 e. The number of rotatable bonds is 6. The van der Waals surface area contributed by atoms with E-state index in [4.69, 9.17) is 9.84 Å². The molecule has 0 saturated heterocycles. The minimum Gasteiger partial charge on any atom is -0.477 e. The van der Waals surface area contributed by atoms with Gasteiger partial charge >= 0.3 is 5.97 Å². The highest BCUT2D eigenvalue weighted by Crippen LogP contribution is 2.26. The van der Waals surface area contributed by atoms with Crippen LogP contribution in [0.1, 0.15) is 55.6 Å². The van der Waals surface area contributed by atoms with Gasteiger partial charge < -0.3 is 19.5 Å². The standard InChI is InChI=1S/C18H19NO5.2C2H6/c20-6-8-24-7-2-3-12-9-13-4-1-5-19-11-15(18(22)23)17(21)14(10-12)16(13)19;2*1-2/h2-3,9-11,20H,1,4-8H2,(H,22,23);2*1-2H3/b3-2+;;. The van der Waals surface area contributed by atoms with E-state index in [1.807, 2.05) is 50.5 Å². The van der Waals surface area contributed by atoms with E-state index in [0.717, 1.165) is 29.5 Å². The van der Waals surface area contributed by atoms with Crippen molar-refractivity contribution in [3.8, 4) is 0 Å². The number of aliphatic hydroxyl groups is 1. The number of carboxylic acid groups (broad SMARTS) is 1. The highest BCUT2D eigenvalue weighted by molar-refractivity contribution is 5.94. The number of nitrogens with zero attached hydrogens (tertiary/aromatic N) is 1. The third-order valence-corrected chi connectivity index (χ3v) is 4.11. The average Bonchev–Trinajstić information content (AvgIpc) is 2.73. The van der Waals surface area contributed by atoms with E-state index < -0.39 is 11.4 Å². The van der Waals surface area contributed by atoms with Gasteiger partial charge in [0.1, 0.15) is 5.56 Å². The third-order valence-electron chi connectivity index (χ3n) is 4.11. The number of hydrogen-bond donors (Lipinski definition) is 2. The van der Waals surface area contributed by atoms with E-state index in [1.165, 1.54) is 6.20 Å². The molecule has 6 nitrogen and oxygen atoms in total. The van der Waals surface area contributed by atoms with Gasteiger partial charge in [-0.2, -0.15) is 0 Å². The number of ether oxygens (including phenoxy) is 1. The van der Waals surface area contributed by atoms with Gasteiger partial charge in [-0.3, -0.25) is 4.79 Å². The molecule has 2 N–H and O–H groups in total. The summed E-state index contributed by atoms with van der Waals surface area (Å²) in [5.41, 5.74) is 2.11. The van der Waals surface area contributed by atoms with Crippen LogP contribution in [0.3, 0.4) is 0 Å². The molecule has 0 unspecified atom stereocenters. The van der Waals surface area contributed by atoms with Gasteiger partial charge in [0.05, 0.1) is 25.3 Å². The van der Waals surface area contributed by atoms with E-state index in [9.17, 15) is 14.7 Å². The van der Waals surface area contributed by atoms with E-state index in [1.54, 1.807) is 6.07 Å². The van der Waals surface area contributed by atoms with E-state index >= 15 is 0 Å². The van der Waals surface area contributed by atoms with Gasteiger partial charge in [-0.15, -0.1) is 0 Å². The number of benzene rings is 1. The SMILES string of the molecule is CC.CC.O=C(O)c1cn2c3c(cc(/C=C/COCCO)cc3c1=O)CCC2. The topological polar surface area (TPSA) is 88.8 Å². The van der Waals surface area contributed by atoms with Crippen molar-refractivity contribution in [2.75, 3.05) is 19.8 Å². The maximum atomic E-state index is 12.5. The fraction of sp³-hybridized carbons (Fsp3) is 0.455. The van der Waals surface area contributed by atoms with Crippen LogP contribution >= 0.6 is 0 Å². The number of pyridine rings is 1. The molecule has 0 atom stereocenters. The maximum Gasteiger partial charge on any atom is 0.341 e. The molecule has 6 heteroatoms. The molecule has 28 heavy (non-hydrogen) atoms. The molecule has 0 aliphatic carbocycles. The Labute approximate surface area is 166 Å². The number of carbonyl (C=O) groups is 1. The van der Waals surface area contributed by atoms with Crippen LogP contribution in [0.4, 0.5) is 0 Å². The summed E-state index contributed by atoms with van der Waals surface area (Å²) >= 11 is 0. The lowest BCUT2D eigenvalue weighted by Crippen LogP contribution is -2.22. The van der Waals surface area contributed by atoms with Crippen molar-refractivity contribution in [2.24, 2.45) is 0 Å². The summed E-state index contributed by atoms with van der Waals surface area (Å²) in [6.45, 7) is 9.34. The van der Waals surface area contributed by atoms with Gasteiger partial charge in [-0.1, -0.05) is 39.8 Å². The first kappa shape index (κ1) is 23.6. The highest BCUT2D eigenvalue weighted by Gasteiger charge is 2.19. The van der Waals surface area contributed by atoms with Gasteiger partial charge in [0.15, 0.2) is 0 Å². The molecule has 0 spiro atoms. The lowest BCUT2D eigenvalue weighted by molar-refractivity contribution is 0.0694. The van der Waals surface area contributed by atoms with Gasteiger partial charge in [0, 0.05) is 18.1 Å². The molecule has 1 aromatic carbocycles. The zero-order valence-electron chi connectivity index (χ0n) is 17.2. The van der Waals surface area contributed by atoms with Crippen molar-refractivity contribution in [2.45, 2.75) is 47.1 Å². The minimum absolute atomic E-state index is 0.0224. The van der Waals surface area contributed by atoms with Gasteiger partial charge in [0.25, 0.3) is 0 Å². The predicted molar refractivity (Wildman–Crippen MR) is 113 cm³/mol. The van der Waals surface area contributed by atoms with Crippen LogP contribution in [0.5, 0.6) is 0 Å². The number of aryl methyl sites for hydroxylation is 2. The van der Waals surface area contributed by atoms with E-state index in [-0.39, 0.29) is 18.8 Å². The van der Waals surface area contributed by atoms with Crippen molar-refractivity contribution in [1.29, 1.82) is 0 Å². The van der Waals surface area contributed by atoms with Gasteiger partial charge in [-0.05, 0) is 36.1 Å². The Morgan fingerprint density at radius 2 is 1.96 bits per heavy atom. The normalized spacial score (nSPS) is 12.2. The van der Waals surface area contributed by atoms with E-state index in [2.05, 4.69) is 0 Å². The summed E-state index contributed by atoms with van der Waals surface area (Å²) in [5, 5.41) is 18.4. The first-order chi connectivity index (χ1) is 13.6. The fourth-order valence-corrected chi connectivity index (χ4v) is 3.11. The zero-order valence-corrected chi connectivity index (χ0v) is 17.2. The summed E-state index contributed by atoms with van der Waals surface area (Å²) in [4.78, 5) is 23.8. The number of aliphatic hydroxyl groups excluding tert-OH is 1. The Balaban J connectivity index is 0.000000921. The molecule has 1 aromatic heterocycles. The second kappa shape index (κ2) is 12.1. The van der Waals surface area contributed by atoms with Crippen LogP contribution in [0.2, 0.25) is 0 Å². The molecule has 0 fully saturated rings. The zero-order chi connectivity index (χ0) is 21.1. The molecule has 1 aliphatic rings. The summed E-state index contributed by atoms with van der Waals surface area (Å²) in [6, 6.07) is 3.76. The lowest BCUT2D eigenvalue weighted by atomic mass is 9.97. The molecule has 154 valence electrons. The molecular formula is C22H31NO5. The molecule has 1 aliphatic heterocycles. The Hall–Kier alpha value is -2.44. The fourth-order valence-electron chi connectivity index (χ4n) is 3.11. The Bertz CT molecular complexity index is 867. The summed E-state index contributed by atoms with van der Waals surface area (Å²) < 4.78 is 7.04. The van der Waals surface area contributed by atoms with Crippen molar-refractivity contribution < 1.29 is 19.7 Å². The smallest absolute Gasteiger partial charge is 0.341 e. The average molecular weight is 389 g/mol. The minimum atomic E-state index is -1.20. The monoisotopic (exact) mass is 389 g/mol. The van der Waals surface area contributed by atoms with Crippen molar-refractivity contribution >= 4 is 22.9 Å². The van der Waals surface area contributed by atoms with Crippen LogP contribution < -0.4 is 5.43 Å². The number of aromatic nitrogens is 1. The maximum absolute atomic E-state index is 12.5. The summed E-state index contributed by atoms with van der Waals surface area (Å²) in [5.74, 6) is -1.20. The molecule has 3 rings (SSSR count). The predicted octanol–water partition coefficient (Wildman–Crippen LogP) is 3.72. The Morgan fingerprint density at radius 1 is 1.25 bits per heavy atom. The molecule has 0 amide bonds. The van der Waals surface area contributed by atoms with Crippen LogP contribution in [-0.4, -0.2) is 40.6 Å². The molecule has 0 radical (unpaired) electrons. The summed E-state index contributed by atoms with van der Waals surface area (Å²) in [7, 11) is 0. The lowest BCUT2D eigenvalue weighted by Gasteiger charge is -2.21. The first-order valence-corrected chi connectivity index (χ1v) is 9.90. The molecule has 0 saturated carbocycles. The second-order valence-corrected chi connectivity index (χ2v) is 5.75. The van der Waals surface area contributed by atoms with Crippen molar-refractivity contribution in [3.63, 3.8) is 0 Å². The first-order valence-electron chi connectivity index (χ1n) is 9.90. The second-order valence-electron chi connectivity index (χ2n) is 5.75. The molecule has 2 heterocycles. The Kier molecular flexibility index (Phi) is 10.2. The Morgan fingerprint density at radius 3 is 2.61 bits per heavy atom. The number of carboxylic acids is 1. The van der Waals surface area contributed by atoms with Gasteiger partial charge in [0.2, 0.25) is 5.43 Å². The molecule has 2 aromatic rings. The van der Waals surface area contributed by atoms with Crippen LogP contribution in [-0.2, 0) is 17.7 Å². The quantitative estimate of drug-likeness (QED) is 0.735. The van der Waals surface area contributed by atoms with E-state index in [0.29, 0.717) is 18.5 Å². The van der Waals surface area contributed by atoms with Crippen LogP contribution in [0, 0.1) is 0 Å². The highest BCUT2D eigenvalue weighted by atomic mass is 16.5. The van der Waals surface area contributed by atoms with Crippen molar-refractivity contribution in [3.05, 3.63) is 51.3 Å². The van der Waals surface area contributed by atoms with Crippen molar-refractivity contribution in [1.82, 2.24) is 4.57 Å². The number of hydrogen-bond acceptors (Lipinski definition) is 4. The number of aromatic carboxylic acids is 1. The molecule has 0 bridgehead atoms. The van der Waals surface area contributed by atoms with Crippen LogP contribution in [0.15, 0.2) is 29.2 Å². The molecular weight excluding hydrogens is 358 g/mol. The summed E-state index contributed by atoms with van der Waals surface area (Å²) in [6.07, 6.45) is 6.89. The van der Waals surface area contributed by atoms with Gasteiger partial charge in [-0.25, -0.2) is 4.79 Å².